The molecule has 0 aliphatic carbocycles. The Balaban J connectivity index is 0.00000261. The van der Waals surface area contributed by atoms with E-state index in [-0.39, 0.29) is 29.8 Å². The van der Waals surface area contributed by atoms with Crippen molar-refractivity contribution in [2.24, 2.45) is 4.99 Å². The van der Waals surface area contributed by atoms with Crippen molar-refractivity contribution >= 4 is 52.0 Å². The molecule has 2 heterocycles. The van der Waals surface area contributed by atoms with Crippen molar-refractivity contribution in [3.05, 3.63) is 47.1 Å². The minimum Gasteiger partial charge on any atom is -0.375 e. The predicted molar refractivity (Wildman–Crippen MR) is 124 cm³/mol. The van der Waals surface area contributed by atoms with Crippen LogP contribution >= 0.6 is 35.3 Å². The molecule has 1 aromatic carbocycles. The van der Waals surface area contributed by atoms with E-state index >= 15 is 0 Å². The van der Waals surface area contributed by atoms with Crippen LogP contribution in [0.4, 0.5) is 15.1 Å². The third-order valence-corrected chi connectivity index (χ3v) is 5.48. The van der Waals surface area contributed by atoms with Crippen molar-refractivity contribution in [1.29, 1.82) is 0 Å². The molecule has 0 radical (unpaired) electrons. The molecular weight excluding hydrogens is 476 g/mol. The molecule has 0 unspecified atom stereocenters. The van der Waals surface area contributed by atoms with Gasteiger partial charge < -0.3 is 20.0 Å². The van der Waals surface area contributed by atoms with Gasteiger partial charge in [-0.1, -0.05) is 6.07 Å². The molecule has 1 aliphatic heterocycles. The van der Waals surface area contributed by atoms with E-state index in [4.69, 9.17) is 0 Å². The van der Waals surface area contributed by atoms with Crippen molar-refractivity contribution < 1.29 is 4.39 Å². The van der Waals surface area contributed by atoms with Gasteiger partial charge in [-0.05, 0) is 35.2 Å². The zero-order valence-corrected chi connectivity index (χ0v) is 19.1. The molecule has 1 aliphatic rings. The molecule has 0 bridgehead atoms. The van der Waals surface area contributed by atoms with Gasteiger partial charge in [0.1, 0.15) is 5.82 Å². The summed E-state index contributed by atoms with van der Waals surface area (Å²) in [5.74, 6) is 0.668. The lowest BCUT2D eigenvalue weighted by molar-refractivity contribution is 0.373. The van der Waals surface area contributed by atoms with E-state index in [9.17, 15) is 4.39 Å². The Bertz CT molecular complexity index is 743. The van der Waals surface area contributed by atoms with Crippen molar-refractivity contribution in [1.82, 2.24) is 10.2 Å². The number of nitrogens with zero attached hydrogens (tertiary/aromatic N) is 4. The van der Waals surface area contributed by atoms with Gasteiger partial charge in [-0.3, -0.25) is 4.99 Å². The zero-order valence-electron chi connectivity index (χ0n) is 16.0. The van der Waals surface area contributed by atoms with Gasteiger partial charge in [-0.25, -0.2) is 4.39 Å². The number of halogens is 2. The summed E-state index contributed by atoms with van der Waals surface area (Å²) in [7, 11) is 5.48. The molecule has 8 heteroatoms. The molecule has 0 saturated carbocycles. The van der Waals surface area contributed by atoms with Crippen LogP contribution in [0.15, 0.2) is 40.7 Å². The maximum atomic E-state index is 14.1. The fourth-order valence-electron chi connectivity index (χ4n) is 3.12. The predicted octanol–water partition coefficient (Wildman–Crippen LogP) is 3.47. The lowest BCUT2D eigenvalue weighted by atomic mass is 10.2. The highest BCUT2D eigenvalue weighted by Crippen LogP contribution is 2.22. The minimum atomic E-state index is -0.200. The number of rotatable bonds is 4. The van der Waals surface area contributed by atoms with E-state index in [1.54, 1.807) is 29.4 Å². The van der Waals surface area contributed by atoms with Crippen molar-refractivity contribution in [3.63, 3.8) is 0 Å². The summed E-state index contributed by atoms with van der Waals surface area (Å²) in [4.78, 5) is 10.8. The Morgan fingerprint density at radius 3 is 2.52 bits per heavy atom. The molecule has 1 saturated heterocycles. The summed E-state index contributed by atoms with van der Waals surface area (Å²) in [5.41, 5.74) is 1.51. The normalized spacial score (nSPS) is 14.7. The number of hydrogen-bond acceptors (Lipinski definition) is 4. The number of aliphatic imine (C=N–C) groups is 1. The molecule has 5 nitrogen and oxygen atoms in total. The summed E-state index contributed by atoms with van der Waals surface area (Å²) >= 11 is 1.78. The second kappa shape index (κ2) is 10.1. The average molecular weight is 503 g/mol. The van der Waals surface area contributed by atoms with Gasteiger partial charge in [0.15, 0.2) is 5.96 Å². The summed E-state index contributed by atoms with van der Waals surface area (Å²) in [6.07, 6.45) is 0. The summed E-state index contributed by atoms with van der Waals surface area (Å²) < 4.78 is 14.1. The van der Waals surface area contributed by atoms with Crippen LogP contribution in [0.1, 0.15) is 5.56 Å². The van der Waals surface area contributed by atoms with Crippen molar-refractivity contribution in [2.45, 2.75) is 6.54 Å². The van der Waals surface area contributed by atoms with E-state index in [0.717, 1.165) is 37.7 Å². The Morgan fingerprint density at radius 1 is 1.22 bits per heavy atom. The lowest BCUT2D eigenvalue weighted by Crippen LogP contribution is -2.52. The molecule has 27 heavy (non-hydrogen) atoms. The van der Waals surface area contributed by atoms with Crippen LogP contribution < -0.4 is 15.1 Å². The third-order valence-electron chi connectivity index (χ3n) is 4.55. The molecule has 1 fully saturated rings. The van der Waals surface area contributed by atoms with Gasteiger partial charge in [-0.15, -0.1) is 35.3 Å². The molecule has 0 amide bonds. The van der Waals surface area contributed by atoms with Crippen molar-refractivity contribution in [3.8, 4) is 0 Å². The largest absolute Gasteiger partial charge is 0.375 e. The Kier molecular flexibility index (Phi) is 8.15. The van der Waals surface area contributed by atoms with Gasteiger partial charge in [0.25, 0.3) is 0 Å². The second-order valence-electron chi connectivity index (χ2n) is 6.51. The fraction of sp³-hybridized carbons (Fsp3) is 0.421. The van der Waals surface area contributed by atoms with Crippen LogP contribution in [-0.2, 0) is 6.54 Å². The van der Waals surface area contributed by atoms with E-state index < -0.39 is 0 Å². The molecule has 1 N–H and O–H groups in total. The number of hydrogen-bond donors (Lipinski definition) is 1. The highest BCUT2D eigenvalue weighted by molar-refractivity contribution is 14.0. The molecule has 1 aromatic heterocycles. The average Bonchev–Trinajstić information content (AvgIpc) is 3.17. The Morgan fingerprint density at radius 2 is 1.96 bits per heavy atom. The summed E-state index contributed by atoms with van der Waals surface area (Å²) in [5, 5.41) is 6.80. The first-order valence-corrected chi connectivity index (χ1v) is 9.66. The number of guanidine groups is 1. The second-order valence-corrected chi connectivity index (χ2v) is 7.43. The monoisotopic (exact) mass is 503 g/mol. The number of benzene rings is 1. The highest BCUT2D eigenvalue weighted by Gasteiger charge is 2.20. The zero-order chi connectivity index (χ0) is 18.5. The first-order chi connectivity index (χ1) is 12.6. The standard InChI is InChI=1S/C19H26FN5S.HI/c1-21-19(22-14-15-6-7-17(23(2)3)16(20)13-15)25-10-8-24(9-11-25)18-5-4-12-26-18;/h4-7,12-13H,8-11,14H2,1-3H3,(H,21,22);1H. The van der Waals surface area contributed by atoms with Gasteiger partial charge in [0, 0.05) is 53.9 Å². The molecule has 0 spiro atoms. The van der Waals surface area contributed by atoms with Gasteiger partial charge in [-0.2, -0.15) is 0 Å². The number of piperazine rings is 1. The van der Waals surface area contributed by atoms with Crippen molar-refractivity contribution in [2.75, 3.05) is 57.1 Å². The first kappa shape index (κ1) is 21.7. The van der Waals surface area contributed by atoms with Crippen LogP contribution in [0.3, 0.4) is 0 Å². The first-order valence-electron chi connectivity index (χ1n) is 8.78. The number of nitrogens with one attached hydrogen (secondary N) is 1. The van der Waals surface area contributed by atoms with Crippen LogP contribution in [0, 0.1) is 5.82 Å². The Labute approximate surface area is 181 Å². The maximum Gasteiger partial charge on any atom is 0.194 e. The van der Waals surface area contributed by atoms with E-state index in [1.807, 2.05) is 26.2 Å². The maximum absolute atomic E-state index is 14.1. The minimum absolute atomic E-state index is 0. The summed E-state index contributed by atoms with van der Waals surface area (Å²) in [6.45, 7) is 4.36. The number of thiophene rings is 1. The third kappa shape index (κ3) is 5.47. The van der Waals surface area contributed by atoms with Crippen LogP contribution in [0.25, 0.3) is 0 Å². The fourth-order valence-corrected chi connectivity index (χ4v) is 3.91. The van der Waals surface area contributed by atoms with E-state index in [1.165, 1.54) is 5.00 Å². The Hall–Kier alpha value is -1.55. The lowest BCUT2D eigenvalue weighted by Gasteiger charge is -2.37. The van der Waals surface area contributed by atoms with Crippen LogP contribution in [-0.4, -0.2) is 58.2 Å². The SMILES string of the molecule is CN=C(NCc1ccc(N(C)C)c(F)c1)N1CCN(c2cccs2)CC1.I. The highest BCUT2D eigenvalue weighted by atomic mass is 127. The molecule has 3 rings (SSSR count). The van der Waals surface area contributed by atoms with Gasteiger partial charge in [0.05, 0.1) is 10.7 Å². The smallest absolute Gasteiger partial charge is 0.194 e. The van der Waals surface area contributed by atoms with Crippen LogP contribution in [0.2, 0.25) is 0 Å². The van der Waals surface area contributed by atoms with Gasteiger partial charge in [0.2, 0.25) is 0 Å². The number of anilines is 2. The topological polar surface area (TPSA) is 34.1 Å². The molecule has 0 atom stereocenters. The molecule has 148 valence electrons. The van der Waals surface area contributed by atoms with E-state index in [0.29, 0.717) is 12.2 Å². The molecular formula is C19H27FIN5S. The quantitative estimate of drug-likeness (QED) is 0.394. The van der Waals surface area contributed by atoms with E-state index in [2.05, 4.69) is 37.6 Å². The van der Waals surface area contributed by atoms with Gasteiger partial charge >= 0.3 is 0 Å². The molecule has 2 aromatic rings. The summed E-state index contributed by atoms with van der Waals surface area (Å²) in [6, 6.07) is 9.61. The van der Waals surface area contributed by atoms with Crippen LogP contribution in [0.5, 0.6) is 0 Å².